The quantitative estimate of drug-likeness (QED) is 0.647. The van der Waals surface area contributed by atoms with Gasteiger partial charge >= 0.3 is 12.1 Å². The van der Waals surface area contributed by atoms with Crippen LogP contribution in [0.4, 0.5) is 4.79 Å². The number of thiazole rings is 1. The normalized spacial score (nSPS) is 10.9. The van der Waals surface area contributed by atoms with Crippen molar-refractivity contribution in [3.05, 3.63) is 28.6 Å². The molecule has 29 heavy (non-hydrogen) atoms. The Kier molecular flexibility index (Phi) is 7.83. The van der Waals surface area contributed by atoms with E-state index < -0.39 is 17.7 Å². The molecule has 0 aliphatic carbocycles. The van der Waals surface area contributed by atoms with Gasteiger partial charge in [-0.2, -0.15) is 0 Å². The highest BCUT2D eigenvalue weighted by Gasteiger charge is 2.17. The third-order valence-electron chi connectivity index (χ3n) is 3.45. The van der Waals surface area contributed by atoms with E-state index in [9.17, 15) is 9.59 Å². The van der Waals surface area contributed by atoms with Crippen LogP contribution in [-0.4, -0.2) is 43.0 Å². The Hall–Kier alpha value is -2.81. The number of nitrogens with zero attached hydrogens (tertiary/aromatic N) is 1. The van der Waals surface area contributed by atoms with Crippen LogP contribution in [0.2, 0.25) is 0 Å². The predicted molar refractivity (Wildman–Crippen MR) is 109 cm³/mol. The van der Waals surface area contributed by atoms with Crippen molar-refractivity contribution in [2.24, 2.45) is 0 Å². The summed E-state index contributed by atoms with van der Waals surface area (Å²) < 4.78 is 20.9. The Labute approximate surface area is 174 Å². The monoisotopic (exact) mass is 422 g/mol. The molecule has 0 spiro atoms. The lowest BCUT2D eigenvalue weighted by Gasteiger charge is -2.19. The van der Waals surface area contributed by atoms with Crippen LogP contribution in [0.3, 0.4) is 0 Å². The second-order valence-electron chi connectivity index (χ2n) is 6.94. The zero-order valence-electron chi connectivity index (χ0n) is 17.2. The van der Waals surface area contributed by atoms with Gasteiger partial charge in [-0.15, -0.1) is 11.3 Å². The van der Waals surface area contributed by atoms with Gasteiger partial charge in [-0.3, -0.25) is 0 Å². The van der Waals surface area contributed by atoms with Gasteiger partial charge in [-0.05, 0) is 39.8 Å². The Morgan fingerprint density at radius 3 is 2.66 bits per heavy atom. The molecule has 0 saturated heterocycles. The Bertz CT molecular complexity index is 844. The smallest absolute Gasteiger partial charge is 0.408 e. The molecule has 0 saturated carbocycles. The first-order valence-electron chi connectivity index (χ1n) is 9.10. The molecule has 8 nitrogen and oxygen atoms in total. The molecule has 0 unspecified atom stereocenters. The Morgan fingerprint density at radius 1 is 1.24 bits per heavy atom. The van der Waals surface area contributed by atoms with E-state index in [0.717, 1.165) is 10.6 Å². The first-order valence-corrected chi connectivity index (χ1v) is 9.98. The molecule has 1 amide bonds. The van der Waals surface area contributed by atoms with Gasteiger partial charge in [-0.25, -0.2) is 14.6 Å². The second kappa shape index (κ2) is 10.1. The topological polar surface area (TPSA) is 96.0 Å². The van der Waals surface area contributed by atoms with Crippen molar-refractivity contribution >= 4 is 23.4 Å². The lowest BCUT2D eigenvalue weighted by Crippen LogP contribution is -2.32. The number of nitrogens with one attached hydrogen (secondary N) is 1. The van der Waals surface area contributed by atoms with Crippen molar-refractivity contribution in [1.82, 2.24) is 10.3 Å². The van der Waals surface area contributed by atoms with Crippen molar-refractivity contribution < 1.29 is 28.5 Å². The van der Waals surface area contributed by atoms with Crippen LogP contribution < -0.4 is 14.8 Å². The predicted octanol–water partition coefficient (Wildman–Crippen LogP) is 3.79. The summed E-state index contributed by atoms with van der Waals surface area (Å²) in [5, 5.41) is 5.30. The summed E-state index contributed by atoms with van der Waals surface area (Å²) in [5.74, 6) is 0.612. The maximum atomic E-state index is 11.8. The molecular formula is C20H26N2O6S. The molecule has 0 aliphatic rings. The van der Waals surface area contributed by atoms with Gasteiger partial charge in [0, 0.05) is 17.0 Å². The summed E-state index contributed by atoms with van der Waals surface area (Å²) in [7, 11) is 1.55. The number of hydrogen-bond acceptors (Lipinski definition) is 8. The number of aromatic nitrogens is 1. The SMILES string of the molecule is CCOC(=O)COc1ccc(-c2csc(CNC(=O)OC(C)(C)C)n2)c(OC)c1. The van der Waals surface area contributed by atoms with Crippen LogP contribution in [0.25, 0.3) is 11.3 Å². The maximum absolute atomic E-state index is 11.8. The number of methoxy groups -OCH3 is 1. The molecule has 158 valence electrons. The summed E-state index contributed by atoms with van der Waals surface area (Å²) in [6.45, 7) is 7.55. The molecule has 0 aliphatic heterocycles. The third-order valence-corrected chi connectivity index (χ3v) is 4.29. The molecule has 9 heteroatoms. The van der Waals surface area contributed by atoms with E-state index in [0.29, 0.717) is 23.8 Å². The van der Waals surface area contributed by atoms with Gasteiger partial charge < -0.3 is 24.3 Å². The Balaban J connectivity index is 2.03. The summed E-state index contributed by atoms with van der Waals surface area (Å²) >= 11 is 1.42. The van der Waals surface area contributed by atoms with Gasteiger partial charge in [0.15, 0.2) is 6.61 Å². The van der Waals surface area contributed by atoms with Crippen LogP contribution >= 0.6 is 11.3 Å². The third kappa shape index (κ3) is 7.26. The molecule has 1 aromatic carbocycles. The zero-order valence-corrected chi connectivity index (χ0v) is 18.1. The number of carbonyl (C=O) groups excluding carboxylic acids is 2. The van der Waals surface area contributed by atoms with Gasteiger partial charge in [0.2, 0.25) is 0 Å². The van der Waals surface area contributed by atoms with E-state index >= 15 is 0 Å². The van der Waals surface area contributed by atoms with E-state index in [1.54, 1.807) is 53.0 Å². The second-order valence-corrected chi connectivity index (χ2v) is 7.88. The molecule has 0 bridgehead atoms. The summed E-state index contributed by atoms with van der Waals surface area (Å²) in [6, 6.07) is 5.22. The first-order chi connectivity index (χ1) is 13.7. The molecule has 2 aromatic rings. The van der Waals surface area contributed by atoms with Gasteiger partial charge in [0.25, 0.3) is 0 Å². The number of benzene rings is 1. The number of esters is 1. The molecule has 1 N–H and O–H groups in total. The number of rotatable bonds is 8. The maximum Gasteiger partial charge on any atom is 0.408 e. The van der Waals surface area contributed by atoms with Crippen molar-refractivity contribution in [2.45, 2.75) is 39.8 Å². The standard InChI is InChI=1S/C20H26N2O6S/c1-6-26-18(23)11-27-13-7-8-14(16(9-13)25-5)15-12-29-17(22-15)10-21-19(24)28-20(2,3)4/h7-9,12H,6,10-11H2,1-5H3,(H,21,24). The summed E-state index contributed by atoms with van der Waals surface area (Å²) in [6.07, 6.45) is -0.491. The van der Waals surface area contributed by atoms with E-state index in [1.165, 1.54) is 11.3 Å². The van der Waals surface area contributed by atoms with Crippen LogP contribution in [0.5, 0.6) is 11.5 Å². The van der Waals surface area contributed by atoms with E-state index in [1.807, 2.05) is 5.38 Å². The number of amides is 1. The van der Waals surface area contributed by atoms with Crippen molar-refractivity contribution in [3.8, 4) is 22.8 Å². The molecule has 0 atom stereocenters. The highest BCUT2D eigenvalue weighted by molar-refractivity contribution is 7.09. The molecule has 2 rings (SSSR count). The molecular weight excluding hydrogens is 396 g/mol. The van der Waals surface area contributed by atoms with Crippen molar-refractivity contribution in [3.63, 3.8) is 0 Å². The number of ether oxygens (including phenoxy) is 4. The van der Waals surface area contributed by atoms with Gasteiger partial charge in [0.05, 0.1) is 26.0 Å². The van der Waals surface area contributed by atoms with Crippen LogP contribution in [0, 0.1) is 0 Å². The summed E-state index contributed by atoms with van der Waals surface area (Å²) in [5.41, 5.74) is 0.934. The number of alkyl carbamates (subject to hydrolysis) is 1. The minimum absolute atomic E-state index is 0.173. The molecule has 0 radical (unpaired) electrons. The lowest BCUT2D eigenvalue weighted by atomic mass is 10.1. The van der Waals surface area contributed by atoms with Gasteiger partial charge in [-0.1, -0.05) is 0 Å². The van der Waals surface area contributed by atoms with E-state index in [4.69, 9.17) is 18.9 Å². The highest BCUT2D eigenvalue weighted by Crippen LogP contribution is 2.34. The number of carbonyl (C=O) groups is 2. The highest BCUT2D eigenvalue weighted by atomic mass is 32.1. The zero-order chi connectivity index (χ0) is 21.4. The minimum Gasteiger partial charge on any atom is -0.496 e. The van der Waals surface area contributed by atoms with Gasteiger partial charge in [0.1, 0.15) is 22.1 Å². The first kappa shape index (κ1) is 22.5. The fourth-order valence-electron chi connectivity index (χ4n) is 2.30. The molecule has 1 aromatic heterocycles. The fraction of sp³-hybridized carbons (Fsp3) is 0.450. The molecule has 1 heterocycles. The lowest BCUT2D eigenvalue weighted by molar-refractivity contribution is -0.145. The van der Waals surface area contributed by atoms with Crippen LogP contribution in [0.1, 0.15) is 32.7 Å². The Morgan fingerprint density at radius 2 is 2.00 bits per heavy atom. The summed E-state index contributed by atoms with van der Waals surface area (Å²) in [4.78, 5) is 27.7. The largest absolute Gasteiger partial charge is 0.496 e. The van der Waals surface area contributed by atoms with E-state index in [2.05, 4.69) is 10.3 Å². The van der Waals surface area contributed by atoms with E-state index in [-0.39, 0.29) is 13.2 Å². The average molecular weight is 423 g/mol. The minimum atomic E-state index is -0.553. The van der Waals surface area contributed by atoms with Crippen molar-refractivity contribution in [2.75, 3.05) is 20.3 Å². The van der Waals surface area contributed by atoms with Crippen LogP contribution in [0.15, 0.2) is 23.6 Å². The average Bonchev–Trinajstić information content (AvgIpc) is 3.12. The number of hydrogen-bond donors (Lipinski definition) is 1. The fourth-order valence-corrected chi connectivity index (χ4v) is 3.03. The molecule has 0 fully saturated rings. The van der Waals surface area contributed by atoms with Crippen molar-refractivity contribution in [1.29, 1.82) is 0 Å². The van der Waals surface area contributed by atoms with Crippen LogP contribution in [-0.2, 0) is 20.8 Å².